The molecule has 23 heavy (non-hydrogen) atoms. The van der Waals surface area contributed by atoms with Crippen molar-refractivity contribution in [2.24, 2.45) is 4.99 Å². The van der Waals surface area contributed by atoms with Crippen molar-refractivity contribution in [3.63, 3.8) is 0 Å². The Labute approximate surface area is 152 Å². The lowest BCUT2D eigenvalue weighted by Gasteiger charge is -2.10. The van der Waals surface area contributed by atoms with Gasteiger partial charge < -0.3 is 15.4 Å². The normalized spacial score (nSPS) is 11.6. The van der Waals surface area contributed by atoms with Gasteiger partial charge in [-0.3, -0.25) is 4.79 Å². The molecule has 1 aromatic heterocycles. The topological polar surface area (TPSA) is 75.6 Å². The smallest absolute Gasteiger partial charge is 0.434 e. The molecule has 0 spiro atoms. The number of ether oxygens (including phenoxy) is 1. The van der Waals surface area contributed by atoms with E-state index in [9.17, 15) is 18.0 Å². The average molecular weight is 466 g/mol. The van der Waals surface area contributed by atoms with Crippen molar-refractivity contribution < 1.29 is 22.7 Å². The first-order chi connectivity index (χ1) is 10.4. The van der Waals surface area contributed by atoms with Gasteiger partial charge in [0.25, 0.3) is 0 Å². The molecule has 1 aromatic rings. The zero-order chi connectivity index (χ0) is 16.6. The van der Waals surface area contributed by atoms with E-state index in [0.717, 1.165) is 16.7 Å². The van der Waals surface area contributed by atoms with Crippen molar-refractivity contribution in [1.29, 1.82) is 0 Å². The molecule has 0 radical (unpaired) electrons. The number of carbonyl (C=O) groups excluding carboxylic acids is 1. The van der Waals surface area contributed by atoms with Crippen molar-refractivity contribution in [2.75, 3.05) is 20.2 Å². The van der Waals surface area contributed by atoms with E-state index in [1.165, 1.54) is 7.11 Å². The molecule has 0 aliphatic rings. The van der Waals surface area contributed by atoms with E-state index in [1.807, 2.05) is 6.92 Å². The molecule has 0 bridgehead atoms. The van der Waals surface area contributed by atoms with Gasteiger partial charge in [-0.25, -0.2) is 9.98 Å². The highest BCUT2D eigenvalue weighted by atomic mass is 127. The average Bonchev–Trinajstić information content (AvgIpc) is 2.93. The van der Waals surface area contributed by atoms with E-state index in [4.69, 9.17) is 0 Å². The van der Waals surface area contributed by atoms with Crippen molar-refractivity contribution in [2.45, 2.75) is 26.1 Å². The Kier molecular flexibility index (Phi) is 10.1. The monoisotopic (exact) mass is 466 g/mol. The second kappa shape index (κ2) is 10.6. The summed E-state index contributed by atoms with van der Waals surface area (Å²) in [6, 6.07) is 0. The molecular formula is C12H18F3IN4O2S. The fourth-order valence-corrected chi connectivity index (χ4v) is 2.11. The van der Waals surface area contributed by atoms with Crippen LogP contribution in [0.15, 0.2) is 10.4 Å². The molecule has 0 aromatic carbocycles. The summed E-state index contributed by atoms with van der Waals surface area (Å²) in [4.78, 5) is 18.6. The van der Waals surface area contributed by atoms with Gasteiger partial charge in [-0.05, 0) is 6.92 Å². The standard InChI is InChI=1S/C12H17F3N4O2S.HI/c1-3-16-11(17-5-4-10(20)21-2)18-6-9-19-8(7-22-9)12(13,14)15;/h7H,3-6H2,1-2H3,(H2,16,17,18);1H. The van der Waals surface area contributed by atoms with Crippen molar-refractivity contribution in [3.8, 4) is 0 Å². The molecule has 11 heteroatoms. The van der Waals surface area contributed by atoms with Crippen LogP contribution in [0, 0.1) is 0 Å². The van der Waals surface area contributed by atoms with E-state index >= 15 is 0 Å². The Morgan fingerprint density at radius 3 is 2.65 bits per heavy atom. The predicted molar refractivity (Wildman–Crippen MR) is 92.0 cm³/mol. The summed E-state index contributed by atoms with van der Waals surface area (Å²) in [5.41, 5.74) is -0.911. The van der Waals surface area contributed by atoms with Crippen molar-refractivity contribution in [3.05, 3.63) is 16.1 Å². The Balaban J connectivity index is 0.00000484. The minimum atomic E-state index is -4.44. The maximum Gasteiger partial charge on any atom is 0.434 e. The van der Waals surface area contributed by atoms with Crippen molar-refractivity contribution >= 4 is 47.2 Å². The lowest BCUT2D eigenvalue weighted by Crippen LogP contribution is -2.38. The Morgan fingerprint density at radius 1 is 1.43 bits per heavy atom. The highest BCUT2D eigenvalue weighted by Crippen LogP contribution is 2.30. The minimum Gasteiger partial charge on any atom is -0.469 e. The van der Waals surface area contributed by atoms with Crippen LogP contribution in [0.25, 0.3) is 0 Å². The van der Waals surface area contributed by atoms with E-state index in [1.54, 1.807) is 0 Å². The fraction of sp³-hybridized carbons (Fsp3) is 0.583. The van der Waals surface area contributed by atoms with Crippen LogP contribution in [-0.4, -0.2) is 37.1 Å². The number of thiazole rings is 1. The zero-order valence-electron chi connectivity index (χ0n) is 12.6. The SMILES string of the molecule is CCNC(=NCc1nc(C(F)(F)F)cs1)NCCC(=O)OC.I. The third-order valence-corrected chi connectivity index (χ3v) is 3.24. The number of methoxy groups -OCH3 is 1. The van der Waals surface area contributed by atoms with Gasteiger partial charge in [0.1, 0.15) is 5.01 Å². The van der Waals surface area contributed by atoms with Gasteiger partial charge >= 0.3 is 12.1 Å². The lowest BCUT2D eigenvalue weighted by molar-refractivity contribution is -0.141. The van der Waals surface area contributed by atoms with Gasteiger partial charge in [0.2, 0.25) is 0 Å². The molecule has 0 atom stereocenters. The number of nitrogens with zero attached hydrogens (tertiary/aromatic N) is 2. The van der Waals surface area contributed by atoms with Gasteiger partial charge in [0.15, 0.2) is 11.7 Å². The van der Waals surface area contributed by atoms with E-state index in [-0.39, 0.29) is 47.9 Å². The molecule has 0 unspecified atom stereocenters. The predicted octanol–water partition coefficient (Wildman–Crippen LogP) is 2.40. The number of guanidine groups is 1. The second-order valence-corrected chi connectivity index (χ2v) is 5.01. The van der Waals surface area contributed by atoms with Gasteiger partial charge in [-0.1, -0.05) is 0 Å². The zero-order valence-corrected chi connectivity index (χ0v) is 15.7. The van der Waals surface area contributed by atoms with Crippen molar-refractivity contribution in [1.82, 2.24) is 15.6 Å². The minimum absolute atomic E-state index is 0. The molecule has 6 nitrogen and oxygen atoms in total. The third-order valence-electron chi connectivity index (χ3n) is 2.41. The van der Waals surface area contributed by atoms with Crippen LogP contribution in [-0.2, 0) is 22.3 Å². The Hall–Kier alpha value is -1.11. The van der Waals surface area contributed by atoms with Gasteiger partial charge in [-0.15, -0.1) is 35.3 Å². The fourth-order valence-electron chi connectivity index (χ4n) is 1.39. The molecule has 0 fully saturated rings. The molecule has 2 N–H and O–H groups in total. The number of carbonyl (C=O) groups is 1. The van der Waals surface area contributed by atoms with Crippen LogP contribution in [0.1, 0.15) is 24.0 Å². The van der Waals surface area contributed by atoms with E-state index in [2.05, 4.69) is 25.3 Å². The van der Waals surface area contributed by atoms with Crippen LogP contribution in [0.5, 0.6) is 0 Å². The number of aromatic nitrogens is 1. The molecule has 0 saturated heterocycles. The molecule has 1 rings (SSSR count). The summed E-state index contributed by atoms with van der Waals surface area (Å²) >= 11 is 0.901. The summed E-state index contributed by atoms with van der Waals surface area (Å²) in [6.45, 7) is 2.76. The summed E-state index contributed by atoms with van der Waals surface area (Å²) in [7, 11) is 1.29. The first-order valence-corrected chi connectivity index (χ1v) is 7.35. The number of hydrogen-bond donors (Lipinski definition) is 2. The second-order valence-electron chi connectivity index (χ2n) is 4.07. The summed E-state index contributed by atoms with van der Waals surface area (Å²) < 4.78 is 41.8. The number of hydrogen-bond acceptors (Lipinski definition) is 5. The Bertz CT molecular complexity index is 523. The molecule has 1 heterocycles. The number of esters is 1. The number of aliphatic imine (C=N–C) groups is 1. The van der Waals surface area contributed by atoms with E-state index < -0.39 is 11.9 Å². The highest BCUT2D eigenvalue weighted by Gasteiger charge is 2.33. The molecule has 0 saturated carbocycles. The molecular weight excluding hydrogens is 448 g/mol. The van der Waals surface area contributed by atoms with Crippen LogP contribution >= 0.6 is 35.3 Å². The van der Waals surface area contributed by atoms with Gasteiger partial charge in [0.05, 0.1) is 20.1 Å². The summed E-state index contributed by atoms with van der Waals surface area (Å²) in [5.74, 6) is 0.0354. The molecule has 0 aliphatic carbocycles. The maximum atomic E-state index is 12.4. The van der Waals surface area contributed by atoms with Gasteiger partial charge in [0, 0.05) is 18.5 Å². The largest absolute Gasteiger partial charge is 0.469 e. The van der Waals surface area contributed by atoms with Crippen LogP contribution < -0.4 is 10.6 Å². The number of alkyl halides is 3. The quantitative estimate of drug-likeness (QED) is 0.292. The highest BCUT2D eigenvalue weighted by molar-refractivity contribution is 14.0. The first kappa shape index (κ1) is 21.9. The number of nitrogens with one attached hydrogen (secondary N) is 2. The Morgan fingerprint density at radius 2 is 2.13 bits per heavy atom. The first-order valence-electron chi connectivity index (χ1n) is 6.47. The van der Waals surface area contributed by atoms with Crippen LogP contribution in [0.2, 0.25) is 0 Å². The molecule has 0 aliphatic heterocycles. The third kappa shape index (κ3) is 8.34. The van der Waals surface area contributed by atoms with Crippen LogP contribution in [0.3, 0.4) is 0 Å². The summed E-state index contributed by atoms with van der Waals surface area (Å²) in [6.07, 6.45) is -4.28. The van der Waals surface area contributed by atoms with Crippen LogP contribution in [0.4, 0.5) is 13.2 Å². The maximum absolute atomic E-state index is 12.4. The summed E-state index contributed by atoms with van der Waals surface area (Å²) in [5, 5.41) is 7.03. The lowest BCUT2D eigenvalue weighted by atomic mass is 10.4. The number of rotatable bonds is 6. The molecule has 132 valence electrons. The van der Waals surface area contributed by atoms with Gasteiger partial charge in [-0.2, -0.15) is 13.2 Å². The number of halogens is 4. The van der Waals surface area contributed by atoms with E-state index in [0.29, 0.717) is 19.0 Å². The molecule has 0 amide bonds.